The van der Waals surface area contributed by atoms with Crippen LogP contribution < -0.4 is 21.1 Å². The molecular formula is C33H26F4N6O6. The standard InChI is InChI=1S/C33H26F4N6O6/c1-16-9-18-10-19(11-23(25(18)39-13-16)41-29(45)22-7-8-49-43-22)28(44)40-14-32(47,33(35,36)37)24-12-21-27(48-15-31(21,2)30(38)46)26(42-24)17-3-5-20(34)6-4-17/h3-13,47H,14-15H2,1-2H3,(H2,38,46)(H,40,44)(H,41,45)/t31-,32-/m0/s1. The highest BCUT2D eigenvalue weighted by Gasteiger charge is 2.57. The number of halogens is 4. The number of anilines is 1. The van der Waals surface area contributed by atoms with Gasteiger partial charge < -0.3 is 30.7 Å². The van der Waals surface area contributed by atoms with Gasteiger partial charge in [-0.2, -0.15) is 13.2 Å². The second-order valence-corrected chi connectivity index (χ2v) is 11.7. The van der Waals surface area contributed by atoms with Crippen molar-refractivity contribution in [1.29, 1.82) is 0 Å². The number of hydrogen-bond acceptors (Lipinski definition) is 9. The highest BCUT2D eigenvalue weighted by molar-refractivity contribution is 6.09. The molecule has 2 atom stereocenters. The SMILES string of the molecule is Cc1cnc2c(NC(=O)c3ccon3)cc(C(=O)NC[C@](O)(c3cc4c(c(-c5ccc(F)cc5)n3)OC[C@]4(C)C(N)=O)C(F)(F)F)cc2c1. The summed E-state index contributed by atoms with van der Waals surface area (Å²) >= 11 is 0. The number of primary amides is 1. The molecule has 0 bridgehead atoms. The van der Waals surface area contributed by atoms with E-state index < -0.39 is 53.0 Å². The van der Waals surface area contributed by atoms with E-state index in [0.717, 1.165) is 18.2 Å². The number of ether oxygens (including phenoxy) is 1. The van der Waals surface area contributed by atoms with Crippen LogP contribution in [0.15, 0.2) is 71.6 Å². The molecule has 0 saturated carbocycles. The first-order valence-electron chi connectivity index (χ1n) is 14.5. The molecular weight excluding hydrogens is 652 g/mol. The zero-order chi connectivity index (χ0) is 35.3. The number of aryl methyl sites for hydroxylation is 1. The molecule has 0 fully saturated rings. The van der Waals surface area contributed by atoms with Crippen molar-refractivity contribution < 1.29 is 46.3 Å². The number of pyridine rings is 2. The van der Waals surface area contributed by atoms with Gasteiger partial charge in [-0.15, -0.1) is 0 Å². The van der Waals surface area contributed by atoms with Crippen molar-refractivity contribution in [3.63, 3.8) is 0 Å². The zero-order valence-corrected chi connectivity index (χ0v) is 25.7. The highest BCUT2D eigenvalue weighted by Crippen LogP contribution is 2.47. The lowest BCUT2D eigenvalue weighted by atomic mass is 9.81. The molecule has 0 spiro atoms. The molecule has 4 heterocycles. The maximum Gasteiger partial charge on any atom is 0.424 e. The molecule has 2 aromatic carbocycles. The Morgan fingerprint density at radius 3 is 2.45 bits per heavy atom. The number of benzene rings is 2. The van der Waals surface area contributed by atoms with Crippen LogP contribution in [0.4, 0.5) is 23.2 Å². The number of nitrogens with zero attached hydrogens (tertiary/aromatic N) is 3. The van der Waals surface area contributed by atoms with Gasteiger partial charge in [0.1, 0.15) is 35.5 Å². The summed E-state index contributed by atoms with van der Waals surface area (Å²) in [6.07, 6.45) is -2.72. The average Bonchev–Trinajstić information content (AvgIpc) is 3.72. The highest BCUT2D eigenvalue weighted by atomic mass is 19.4. The third-order valence-electron chi connectivity index (χ3n) is 8.23. The molecule has 3 amide bonds. The number of carbonyl (C=O) groups excluding carboxylic acids is 3. The molecule has 0 saturated heterocycles. The van der Waals surface area contributed by atoms with Crippen LogP contribution in [-0.4, -0.2) is 57.3 Å². The summed E-state index contributed by atoms with van der Waals surface area (Å²) in [6.45, 7) is 1.34. The van der Waals surface area contributed by atoms with Crippen LogP contribution >= 0.6 is 0 Å². The summed E-state index contributed by atoms with van der Waals surface area (Å²) in [7, 11) is 0. The quantitative estimate of drug-likeness (QED) is 0.174. The zero-order valence-electron chi connectivity index (χ0n) is 25.7. The van der Waals surface area contributed by atoms with E-state index in [4.69, 9.17) is 15.0 Å². The van der Waals surface area contributed by atoms with Crippen LogP contribution in [0.3, 0.4) is 0 Å². The van der Waals surface area contributed by atoms with E-state index in [2.05, 4.69) is 25.8 Å². The van der Waals surface area contributed by atoms with Gasteiger partial charge in [0.2, 0.25) is 11.5 Å². The molecule has 0 unspecified atom stereocenters. The van der Waals surface area contributed by atoms with Gasteiger partial charge in [0, 0.05) is 34.3 Å². The summed E-state index contributed by atoms with van der Waals surface area (Å²) in [4.78, 5) is 47.1. The fourth-order valence-corrected chi connectivity index (χ4v) is 5.35. The Kier molecular flexibility index (Phi) is 8.06. The molecule has 252 valence electrons. The number of hydrogen-bond donors (Lipinski definition) is 4. The van der Waals surface area contributed by atoms with Crippen molar-refractivity contribution in [2.45, 2.75) is 31.0 Å². The van der Waals surface area contributed by atoms with Gasteiger partial charge in [-0.05, 0) is 67.9 Å². The average molecular weight is 679 g/mol. The van der Waals surface area contributed by atoms with Crippen molar-refractivity contribution in [1.82, 2.24) is 20.4 Å². The summed E-state index contributed by atoms with van der Waals surface area (Å²) in [5.41, 5.74) is -0.185. The summed E-state index contributed by atoms with van der Waals surface area (Å²) in [5.74, 6) is -3.36. The first kappa shape index (κ1) is 33.0. The predicted octanol–water partition coefficient (Wildman–Crippen LogP) is 4.30. The second-order valence-electron chi connectivity index (χ2n) is 11.7. The third kappa shape index (κ3) is 5.90. The Labute approximate surface area is 274 Å². The van der Waals surface area contributed by atoms with E-state index in [1.165, 1.54) is 49.7 Å². The number of nitrogens with two attached hydrogens (primary N) is 1. The smallest absolute Gasteiger partial charge is 0.424 e. The van der Waals surface area contributed by atoms with E-state index in [0.29, 0.717) is 10.9 Å². The lowest BCUT2D eigenvalue weighted by Gasteiger charge is -2.31. The Morgan fingerprint density at radius 1 is 1.06 bits per heavy atom. The minimum Gasteiger partial charge on any atom is -0.489 e. The molecule has 3 aromatic heterocycles. The van der Waals surface area contributed by atoms with Crippen molar-refractivity contribution in [3.05, 3.63) is 101 Å². The first-order valence-corrected chi connectivity index (χ1v) is 14.5. The topological polar surface area (TPSA) is 183 Å². The molecule has 0 radical (unpaired) electrons. The van der Waals surface area contributed by atoms with Crippen molar-refractivity contribution >= 4 is 34.3 Å². The number of amides is 3. The van der Waals surface area contributed by atoms with Gasteiger partial charge in [0.25, 0.3) is 11.8 Å². The van der Waals surface area contributed by atoms with E-state index in [9.17, 15) is 37.1 Å². The molecule has 1 aliphatic rings. The maximum absolute atomic E-state index is 14.8. The van der Waals surface area contributed by atoms with Crippen molar-refractivity contribution in [2.24, 2.45) is 5.73 Å². The summed E-state index contributed by atoms with van der Waals surface area (Å²) in [5, 5.41) is 20.0. The lowest BCUT2D eigenvalue weighted by Crippen LogP contribution is -2.51. The minimum absolute atomic E-state index is 0.0525. The third-order valence-corrected chi connectivity index (χ3v) is 8.23. The van der Waals surface area contributed by atoms with E-state index in [-0.39, 0.29) is 51.6 Å². The van der Waals surface area contributed by atoms with Gasteiger partial charge in [0.15, 0.2) is 5.69 Å². The van der Waals surface area contributed by atoms with Crippen LogP contribution in [0.2, 0.25) is 0 Å². The van der Waals surface area contributed by atoms with Gasteiger partial charge in [-0.1, -0.05) is 5.16 Å². The fraction of sp³-hybridized carbons (Fsp3) is 0.212. The molecule has 5 N–H and O–H groups in total. The van der Waals surface area contributed by atoms with Gasteiger partial charge in [0.05, 0.1) is 23.4 Å². The molecule has 1 aliphatic heterocycles. The van der Waals surface area contributed by atoms with Gasteiger partial charge in [-0.25, -0.2) is 9.37 Å². The Hall–Kier alpha value is -5.90. The number of rotatable bonds is 8. The molecule has 0 aliphatic carbocycles. The van der Waals surface area contributed by atoms with Crippen LogP contribution in [0.25, 0.3) is 22.2 Å². The van der Waals surface area contributed by atoms with Gasteiger partial charge >= 0.3 is 6.18 Å². The molecule has 6 rings (SSSR count). The van der Waals surface area contributed by atoms with Crippen LogP contribution in [0.5, 0.6) is 5.75 Å². The normalized spacial score (nSPS) is 16.8. The predicted molar refractivity (Wildman–Crippen MR) is 165 cm³/mol. The maximum atomic E-state index is 14.8. The number of carbonyl (C=O) groups is 3. The second kappa shape index (κ2) is 12.0. The van der Waals surface area contributed by atoms with Crippen LogP contribution in [0.1, 0.15) is 44.6 Å². The summed E-state index contributed by atoms with van der Waals surface area (Å²) < 4.78 is 68.6. The largest absolute Gasteiger partial charge is 0.489 e. The number of fused-ring (bicyclic) bond motifs is 2. The number of aliphatic hydroxyl groups is 1. The molecule has 49 heavy (non-hydrogen) atoms. The van der Waals surface area contributed by atoms with Crippen molar-refractivity contribution in [3.8, 4) is 17.0 Å². The van der Waals surface area contributed by atoms with Gasteiger partial charge in [-0.3, -0.25) is 19.4 Å². The van der Waals surface area contributed by atoms with E-state index in [1.807, 2.05) is 0 Å². The summed E-state index contributed by atoms with van der Waals surface area (Å²) in [6, 6.07) is 11.0. The number of aromatic nitrogens is 3. The van der Waals surface area contributed by atoms with Crippen molar-refractivity contribution in [2.75, 3.05) is 18.5 Å². The molecule has 16 heteroatoms. The minimum atomic E-state index is -5.43. The monoisotopic (exact) mass is 678 g/mol. The number of nitrogens with one attached hydrogen (secondary N) is 2. The Bertz CT molecular complexity index is 2120. The molecule has 12 nitrogen and oxygen atoms in total. The number of alkyl halides is 3. The lowest BCUT2D eigenvalue weighted by molar-refractivity contribution is -0.265. The first-order chi connectivity index (χ1) is 23.1. The molecule has 5 aromatic rings. The van der Waals surface area contributed by atoms with E-state index >= 15 is 0 Å². The van der Waals surface area contributed by atoms with Crippen LogP contribution in [0, 0.1) is 12.7 Å². The van der Waals surface area contributed by atoms with Crippen LogP contribution in [-0.2, 0) is 15.8 Å². The Balaban J connectivity index is 1.39. The fourth-order valence-electron chi connectivity index (χ4n) is 5.35. The Morgan fingerprint density at radius 2 is 1.80 bits per heavy atom. The van der Waals surface area contributed by atoms with E-state index in [1.54, 1.807) is 13.0 Å².